The molecule has 0 amide bonds. The molecule has 0 radical (unpaired) electrons. The van der Waals surface area contributed by atoms with Crippen molar-refractivity contribution in [2.75, 3.05) is 10.2 Å². The van der Waals surface area contributed by atoms with Gasteiger partial charge in [0.1, 0.15) is 0 Å². The van der Waals surface area contributed by atoms with Crippen LogP contribution in [-0.4, -0.2) is 22.8 Å². The molecule has 1 N–H and O–H groups in total. The molecule has 4 heterocycles. The van der Waals surface area contributed by atoms with E-state index >= 15 is 0 Å². The molecule has 0 fully saturated rings. The van der Waals surface area contributed by atoms with Crippen LogP contribution < -0.4 is 32.5 Å². The van der Waals surface area contributed by atoms with Gasteiger partial charge in [0.15, 0.2) is 0 Å². The molecule has 13 rings (SSSR count). The molecule has 0 aliphatic carbocycles. The van der Waals surface area contributed by atoms with E-state index in [2.05, 4.69) is 230 Å². The first-order valence-corrected chi connectivity index (χ1v) is 28.1. The predicted octanol–water partition coefficient (Wildman–Crippen LogP) is 13.5. The van der Waals surface area contributed by atoms with Crippen molar-refractivity contribution in [2.24, 2.45) is 0 Å². The molecule has 346 valence electrons. The van der Waals surface area contributed by atoms with Crippen LogP contribution in [0.1, 0.15) is 26.3 Å². The van der Waals surface area contributed by atoms with Gasteiger partial charge in [0.2, 0.25) is 0 Å². The van der Waals surface area contributed by atoms with Crippen molar-refractivity contribution in [3.05, 3.63) is 237 Å². The van der Waals surface area contributed by atoms with Crippen molar-refractivity contribution in [1.29, 1.82) is 0 Å². The molecule has 7 heteroatoms. The standard InChI is InChI=1S/C64H47GeN4O.Pt/c1-64(2,3)44-36-37-66-60(38-44)69-58-35-19-32-54-61(58)62-55(65(54)52-30-13-11-26-50(52)51-27-12-14-31-53(51)65)40-47(41-59(62)69)70-46-25-17-24-45(39-46)67-56-33-15-16-34-57(56)68(4)63-48(42-20-7-5-8-21-42)28-18-29-49(63)43-22-9-6-10-23-43;/h5-38,40,67H,4H2,1-3H3;/q-3;. The summed E-state index contributed by atoms with van der Waals surface area (Å²) in [5.74, 6) is 2.10. The Kier molecular flexibility index (Phi) is 11.0. The number of benzene rings is 9. The van der Waals surface area contributed by atoms with Gasteiger partial charge in [-0.15, -0.1) is 0 Å². The van der Waals surface area contributed by atoms with Crippen molar-refractivity contribution >= 4 is 75.4 Å². The number of pyridine rings is 1. The Balaban J connectivity index is 0.00000517. The summed E-state index contributed by atoms with van der Waals surface area (Å²) in [5.41, 5.74) is 13.9. The van der Waals surface area contributed by atoms with Crippen molar-refractivity contribution in [1.82, 2.24) is 9.55 Å². The number of rotatable bonds is 9. The second-order valence-corrected chi connectivity index (χ2v) is 27.0. The number of para-hydroxylation sites is 3. The summed E-state index contributed by atoms with van der Waals surface area (Å²) >= 11 is -3.59. The van der Waals surface area contributed by atoms with Crippen molar-refractivity contribution in [3.8, 4) is 50.7 Å². The van der Waals surface area contributed by atoms with E-state index in [1.807, 2.05) is 30.5 Å². The number of anilines is 4. The number of fused-ring (bicyclic) bond motifs is 7. The van der Waals surface area contributed by atoms with Gasteiger partial charge < -0.3 is 0 Å². The van der Waals surface area contributed by atoms with Crippen molar-refractivity contribution < 1.29 is 25.8 Å². The minimum Gasteiger partial charge on any atom is -0.0622 e. The summed E-state index contributed by atoms with van der Waals surface area (Å²) in [7, 11) is 4.74. The number of nitrogens with one attached hydrogen (secondary N) is 1. The van der Waals surface area contributed by atoms with Gasteiger partial charge in [0.05, 0.1) is 0 Å². The second-order valence-electron chi connectivity index (χ2n) is 19.3. The monoisotopic (exact) mass is 1160 g/mol. The normalized spacial score (nSPS) is 12.8. The van der Waals surface area contributed by atoms with E-state index in [1.54, 1.807) is 0 Å². The van der Waals surface area contributed by atoms with E-state index in [4.69, 9.17) is 16.8 Å². The molecule has 11 aromatic rings. The molecule has 0 bridgehead atoms. The van der Waals surface area contributed by atoms with Crippen LogP contribution in [0.25, 0.3) is 61.0 Å². The summed E-state index contributed by atoms with van der Waals surface area (Å²) in [6.45, 7) is 6.76. The Morgan fingerprint density at radius 2 is 1.15 bits per heavy atom. The molecule has 5 nitrogen and oxygen atoms in total. The zero-order valence-corrected chi connectivity index (χ0v) is 43.9. The van der Waals surface area contributed by atoms with Crippen molar-refractivity contribution in [3.63, 3.8) is 0 Å². The first-order chi connectivity index (χ1) is 34.3. The minimum absolute atomic E-state index is 0. The van der Waals surface area contributed by atoms with Gasteiger partial charge >= 0.3 is 313 Å². The molecular weight excluding hydrogens is 1110 g/mol. The van der Waals surface area contributed by atoms with E-state index in [9.17, 15) is 0 Å². The van der Waals surface area contributed by atoms with Crippen LogP contribution in [0.3, 0.4) is 0 Å². The van der Waals surface area contributed by atoms with Gasteiger partial charge in [-0.05, 0) is 11.1 Å². The summed E-state index contributed by atoms with van der Waals surface area (Å²) < 4.78 is 15.1. The van der Waals surface area contributed by atoms with Gasteiger partial charge in [-0.3, -0.25) is 0 Å². The average molecular weight is 1160 g/mol. The zero-order chi connectivity index (χ0) is 47.1. The van der Waals surface area contributed by atoms with E-state index in [0.29, 0.717) is 11.5 Å². The van der Waals surface area contributed by atoms with Crippen LogP contribution in [0.5, 0.6) is 11.5 Å². The third-order valence-electron chi connectivity index (χ3n) is 14.3. The SMILES string of the molecule is [CH2-]N(c1ccccc1Nc1[c-]c(Oc2[c-]c3c4[c](c2)[Ge]2([c]5ccccc5-c5cccc[c]52)[c]2cccc(c24)n3-c2cc(C(C)(C)C)ccn2)ccc1)c1c(-c2ccccc2)cccc1-c1ccccc1.[Pt]. The minimum atomic E-state index is -3.59. The van der Waals surface area contributed by atoms with E-state index in [0.717, 1.165) is 61.9 Å². The predicted molar refractivity (Wildman–Crippen MR) is 292 cm³/mol. The number of ether oxygens (including phenoxy) is 1. The summed E-state index contributed by atoms with van der Waals surface area (Å²) in [6.07, 6.45) is 1.94. The van der Waals surface area contributed by atoms with Gasteiger partial charge in [0, 0.05) is 32.2 Å². The molecule has 1 spiro atoms. The van der Waals surface area contributed by atoms with E-state index < -0.39 is 13.3 Å². The topological polar surface area (TPSA) is 42.3 Å². The van der Waals surface area contributed by atoms with Gasteiger partial charge in [0.25, 0.3) is 0 Å². The molecule has 71 heavy (non-hydrogen) atoms. The number of hydrogen-bond donors (Lipinski definition) is 1. The third kappa shape index (κ3) is 7.12. The number of nitrogens with zero attached hydrogens (tertiary/aromatic N) is 3. The third-order valence-corrected chi connectivity index (χ3v) is 24.6. The summed E-state index contributed by atoms with van der Waals surface area (Å²) in [4.78, 5) is 7.10. The molecule has 0 saturated carbocycles. The van der Waals surface area contributed by atoms with Crippen LogP contribution >= 0.6 is 0 Å². The summed E-state index contributed by atoms with van der Waals surface area (Å²) in [5, 5.41) is 6.28. The maximum atomic E-state index is 7.04. The van der Waals surface area contributed by atoms with Gasteiger partial charge in [-0.1, -0.05) is 78.9 Å². The van der Waals surface area contributed by atoms with Crippen LogP contribution in [0, 0.1) is 19.2 Å². The van der Waals surface area contributed by atoms with Crippen LogP contribution in [-0.2, 0) is 26.5 Å². The fraction of sp³-hybridized carbons (Fsp3) is 0.0625. The molecule has 2 aliphatic heterocycles. The fourth-order valence-electron chi connectivity index (χ4n) is 11.3. The van der Waals surface area contributed by atoms with E-state index in [-0.39, 0.29) is 26.5 Å². The van der Waals surface area contributed by atoms with Gasteiger partial charge in [-0.2, -0.15) is 0 Å². The molecule has 0 atom stereocenters. The molecule has 9 aromatic carbocycles. The van der Waals surface area contributed by atoms with Crippen LogP contribution in [0.15, 0.2) is 212 Å². The Hall–Kier alpha value is -7.44. The van der Waals surface area contributed by atoms with E-state index in [1.165, 1.54) is 45.0 Å². The van der Waals surface area contributed by atoms with Crippen LogP contribution in [0.4, 0.5) is 22.7 Å². The number of aromatic nitrogens is 2. The molecule has 2 aliphatic rings. The fourth-order valence-corrected chi connectivity index (χ4v) is 23.0. The molecular formula is C64H47GeN4OPt-3. The van der Waals surface area contributed by atoms with Crippen molar-refractivity contribution in [2.45, 2.75) is 26.2 Å². The Labute approximate surface area is 432 Å². The maximum absolute atomic E-state index is 7.04. The molecule has 2 aromatic heterocycles. The summed E-state index contributed by atoms with van der Waals surface area (Å²) in [6, 6.07) is 81.1. The Bertz CT molecular complexity index is 3760. The molecule has 0 saturated heterocycles. The number of hydrogen-bond acceptors (Lipinski definition) is 4. The Morgan fingerprint density at radius 1 is 0.563 bits per heavy atom. The second kappa shape index (κ2) is 17.5. The first kappa shape index (κ1) is 44.7. The molecule has 0 unspecified atom stereocenters. The van der Waals surface area contributed by atoms with Gasteiger partial charge in [-0.25, -0.2) is 0 Å². The smallest absolute Gasteiger partial charge is 0.0622 e. The van der Waals surface area contributed by atoms with Crippen LogP contribution in [0.2, 0.25) is 0 Å². The average Bonchev–Trinajstić information content (AvgIpc) is 4.02. The Morgan fingerprint density at radius 3 is 1.85 bits per heavy atom. The quantitative estimate of drug-likeness (QED) is 0.116. The first-order valence-electron chi connectivity index (χ1n) is 23.9. The zero-order valence-electron chi connectivity index (χ0n) is 39.5.